The fourth-order valence-electron chi connectivity index (χ4n) is 2.00. The summed E-state index contributed by atoms with van der Waals surface area (Å²) in [5.74, 6) is 0.863. The minimum Gasteiger partial charge on any atom is -0.354 e. The maximum absolute atomic E-state index is 4.28. The molecule has 112 valence electrons. The maximum atomic E-state index is 4.28. The Balaban J connectivity index is 2.64. The molecule has 2 N–H and O–H groups in total. The molecule has 1 aromatic rings. The van der Waals surface area contributed by atoms with Crippen LogP contribution in [0, 0.1) is 0 Å². The van der Waals surface area contributed by atoms with Gasteiger partial charge in [0, 0.05) is 19.6 Å². The van der Waals surface area contributed by atoms with E-state index in [9.17, 15) is 0 Å². The molecule has 0 bridgehead atoms. The molecule has 0 aliphatic rings. The van der Waals surface area contributed by atoms with Gasteiger partial charge in [0.15, 0.2) is 5.96 Å². The second-order valence-corrected chi connectivity index (χ2v) is 5.30. The lowest BCUT2D eigenvalue weighted by Crippen LogP contribution is -2.44. The molecule has 1 aromatic carbocycles. The van der Waals surface area contributed by atoms with E-state index < -0.39 is 0 Å². The second-order valence-electron chi connectivity index (χ2n) is 5.30. The Morgan fingerprint density at radius 3 is 2.40 bits per heavy atom. The third-order valence-corrected chi connectivity index (χ3v) is 3.49. The largest absolute Gasteiger partial charge is 0.354 e. The average molecular weight is 276 g/mol. The maximum Gasteiger partial charge on any atom is 0.191 e. The fourth-order valence-corrected chi connectivity index (χ4v) is 2.00. The van der Waals surface area contributed by atoms with Gasteiger partial charge in [-0.3, -0.25) is 4.99 Å². The summed E-state index contributed by atoms with van der Waals surface area (Å²) in [6.07, 6.45) is 1.08. The van der Waals surface area contributed by atoms with E-state index in [1.54, 1.807) is 0 Å². The van der Waals surface area contributed by atoms with Gasteiger partial charge in [0.1, 0.15) is 0 Å². The van der Waals surface area contributed by atoms with E-state index in [0.29, 0.717) is 12.1 Å². The van der Waals surface area contributed by atoms with Gasteiger partial charge in [0.25, 0.3) is 0 Å². The molecule has 0 saturated heterocycles. The van der Waals surface area contributed by atoms with Gasteiger partial charge in [-0.05, 0) is 33.0 Å². The SMILES string of the molecule is CCC(C)NC(=NC)NCC(c1ccccc1)N(C)C. The summed E-state index contributed by atoms with van der Waals surface area (Å²) in [6.45, 7) is 5.15. The van der Waals surface area contributed by atoms with Crippen molar-refractivity contribution in [1.82, 2.24) is 15.5 Å². The Morgan fingerprint density at radius 1 is 1.25 bits per heavy atom. The van der Waals surface area contributed by atoms with Crippen molar-refractivity contribution in [2.45, 2.75) is 32.4 Å². The van der Waals surface area contributed by atoms with Crippen LogP contribution in [0.3, 0.4) is 0 Å². The monoisotopic (exact) mass is 276 g/mol. The molecule has 20 heavy (non-hydrogen) atoms. The van der Waals surface area contributed by atoms with Crippen LogP contribution in [-0.2, 0) is 0 Å². The molecule has 0 heterocycles. The van der Waals surface area contributed by atoms with Crippen molar-refractivity contribution in [3.8, 4) is 0 Å². The second kappa shape index (κ2) is 8.59. The van der Waals surface area contributed by atoms with Gasteiger partial charge in [-0.25, -0.2) is 0 Å². The van der Waals surface area contributed by atoms with E-state index in [0.717, 1.165) is 18.9 Å². The van der Waals surface area contributed by atoms with Crippen LogP contribution >= 0.6 is 0 Å². The number of hydrogen-bond acceptors (Lipinski definition) is 2. The van der Waals surface area contributed by atoms with Crippen LogP contribution in [0.15, 0.2) is 35.3 Å². The van der Waals surface area contributed by atoms with Gasteiger partial charge in [-0.15, -0.1) is 0 Å². The number of hydrogen-bond donors (Lipinski definition) is 2. The molecule has 0 aliphatic carbocycles. The van der Waals surface area contributed by atoms with E-state index in [1.165, 1.54) is 5.56 Å². The molecule has 0 aromatic heterocycles. The quantitative estimate of drug-likeness (QED) is 0.618. The molecular formula is C16H28N4. The Kier molecular flexibility index (Phi) is 7.09. The molecule has 1 rings (SSSR count). The molecule has 0 spiro atoms. The zero-order valence-electron chi connectivity index (χ0n) is 13.4. The average Bonchev–Trinajstić information content (AvgIpc) is 2.46. The third-order valence-electron chi connectivity index (χ3n) is 3.49. The van der Waals surface area contributed by atoms with Crippen LogP contribution in [0.5, 0.6) is 0 Å². The zero-order chi connectivity index (χ0) is 15.0. The minimum absolute atomic E-state index is 0.326. The van der Waals surface area contributed by atoms with Crippen LogP contribution in [-0.4, -0.2) is 44.6 Å². The summed E-state index contributed by atoms with van der Waals surface area (Å²) in [5, 5.41) is 6.79. The summed E-state index contributed by atoms with van der Waals surface area (Å²) >= 11 is 0. The van der Waals surface area contributed by atoms with Crippen LogP contribution in [0.25, 0.3) is 0 Å². The highest BCUT2D eigenvalue weighted by Crippen LogP contribution is 2.16. The summed E-state index contributed by atoms with van der Waals surface area (Å²) < 4.78 is 0. The van der Waals surface area contributed by atoms with Crippen molar-refractivity contribution in [2.75, 3.05) is 27.7 Å². The van der Waals surface area contributed by atoms with Crippen molar-refractivity contribution in [2.24, 2.45) is 4.99 Å². The predicted molar refractivity (Wildman–Crippen MR) is 87.1 cm³/mol. The van der Waals surface area contributed by atoms with E-state index in [1.807, 2.05) is 13.1 Å². The molecule has 2 unspecified atom stereocenters. The highest BCUT2D eigenvalue weighted by Gasteiger charge is 2.14. The topological polar surface area (TPSA) is 39.7 Å². The Labute approximate surface area is 123 Å². The summed E-state index contributed by atoms with van der Waals surface area (Å²) in [4.78, 5) is 6.50. The number of likely N-dealkylation sites (N-methyl/N-ethyl adjacent to an activating group) is 1. The van der Waals surface area contributed by atoms with Crippen LogP contribution < -0.4 is 10.6 Å². The summed E-state index contributed by atoms with van der Waals surface area (Å²) in [6, 6.07) is 11.3. The van der Waals surface area contributed by atoms with Gasteiger partial charge in [-0.2, -0.15) is 0 Å². The van der Waals surface area contributed by atoms with E-state index >= 15 is 0 Å². The van der Waals surface area contributed by atoms with Gasteiger partial charge in [0.2, 0.25) is 0 Å². The minimum atomic E-state index is 0.326. The van der Waals surface area contributed by atoms with Crippen molar-refractivity contribution in [1.29, 1.82) is 0 Å². The van der Waals surface area contributed by atoms with Crippen molar-refractivity contribution in [3.05, 3.63) is 35.9 Å². The molecule has 4 nitrogen and oxygen atoms in total. The van der Waals surface area contributed by atoms with E-state index in [4.69, 9.17) is 0 Å². The first-order valence-electron chi connectivity index (χ1n) is 7.27. The molecule has 0 aliphatic heterocycles. The lowest BCUT2D eigenvalue weighted by Gasteiger charge is -2.26. The fraction of sp³-hybridized carbons (Fsp3) is 0.562. The molecule has 0 saturated carbocycles. The summed E-state index contributed by atoms with van der Waals surface area (Å²) in [5.41, 5.74) is 1.31. The van der Waals surface area contributed by atoms with Crippen LogP contribution in [0.2, 0.25) is 0 Å². The number of benzene rings is 1. The third kappa shape index (κ3) is 5.21. The number of nitrogens with one attached hydrogen (secondary N) is 2. The molecular weight excluding hydrogens is 248 g/mol. The van der Waals surface area contributed by atoms with E-state index in [-0.39, 0.29) is 0 Å². The predicted octanol–water partition coefficient (Wildman–Crippen LogP) is 2.25. The Hall–Kier alpha value is -1.55. The normalized spacial score (nSPS) is 15.0. The lowest BCUT2D eigenvalue weighted by atomic mass is 10.1. The highest BCUT2D eigenvalue weighted by atomic mass is 15.2. The van der Waals surface area contributed by atoms with Gasteiger partial charge < -0.3 is 15.5 Å². The molecule has 0 fully saturated rings. The van der Waals surface area contributed by atoms with Gasteiger partial charge >= 0.3 is 0 Å². The first-order chi connectivity index (χ1) is 9.58. The standard InChI is InChI=1S/C16H28N4/c1-6-13(2)19-16(17-3)18-12-15(20(4)5)14-10-8-7-9-11-14/h7-11,13,15H,6,12H2,1-5H3,(H2,17,18,19). The van der Waals surface area contributed by atoms with Gasteiger partial charge in [-0.1, -0.05) is 37.3 Å². The Bertz CT molecular complexity index is 400. The first kappa shape index (κ1) is 16.5. The first-order valence-corrected chi connectivity index (χ1v) is 7.27. The van der Waals surface area contributed by atoms with Crippen LogP contribution in [0.4, 0.5) is 0 Å². The molecule has 2 atom stereocenters. The lowest BCUT2D eigenvalue weighted by molar-refractivity contribution is 0.298. The van der Waals surface area contributed by atoms with Crippen molar-refractivity contribution >= 4 is 5.96 Å². The Morgan fingerprint density at radius 2 is 1.90 bits per heavy atom. The van der Waals surface area contributed by atoms with Crippen LogP contribution in [0.1, 0.15) is 31.9 Å². The van der Waals surface area contributed by atoms with E-state index in [2.05, 4.69) is 72.7 Å². The number of aliphatic imine (C=N–C) groups is 1. The number of nitrogens with zero attached hydrogens (tertiary/aromatic N) is 2. The zero-order valence-corrected chi connectivity index (χ0v) is 13.4. The molecule has 0 radical (unpaired) electrons. The number of guanidine groups is 1. The van der Waals surface area contributed by atoms with Crippen molar-refractivity contribution in [3.63, 3.8) is 0 Å². The highest BCUT2D eigenvalue weighted by molar-refractivity contribution is 5.79. The molecule has 4 heteroatoms. The molecule has 0 amide bonds. The van der Waals surface area contributed by atoms with Gasteiger partial charge in [0.05, 0.1) is 6.04 Å². The summed E-state index contributed by atoms with van der Waals surface area (Å²) in [7, 11) is 6.01. The smallest absolute Gasteiger partial charge is 0.191 e. The van der Waals surface area contributed by atoms with Crippen molar-refractivity contribution < 1.29 is 0 Å². The number of rotatable bonds is 6.